The second-order valence-corrected chi connectivity index (χ2v) is 4.12. The van der Waals surface area contributed by atoms with Crippen LogP contribution in [-0.4, -0.2) is 32.4 Å². The van der Waals surface area contributed by atoms with Gasteiger partial charge < -0.3 is 14.2 Å². The highest BCUT2D eigenvalue weighted by Gasteiger charge is 2.07. The average Bonchev–Trinajstić information content (AvgIpc) is 2.33. The van der Waals surface area contributed by atoms with Crippen LogP contribution in [0.25, 0.3) is 0 Å². The summed E-state index contributed by atoms with van der Waals surface area (Å²) in [4.78, 5) is 11.3. The van der Waals surface area contributed by atoms with E-state index < -0.39 is 5.97 Å². The van der Waals surface area contributed by atoms with Gasteiger partial charge in [0.2, 0.25) is 0 Å². The molecule has 18 heavy (non-hydrogen) atoms. The molecule has 0 fully saturated rings. The lowest BCUT2D eigenvalue weighted by Crippen LogP contribution is -2.17. The van der Waals surface area contributed by atoms with Gasteiger partial charge in [0.1, 0.15) is 12.4 Å². The molecule has 0 bridgehead atoms. The van der Waals surface area contributed by atoms with Crippen LogP contribution in [0.4, 0.5) is 0 Å². The zero-order chi connectivity index (χ0) is 13.4. The largest absolute Gasteiger partial charge is 0.480 e. The Bertz CT molecular complexity index is 396. The molecule has 0 amide bonds. The molecule has 0 saturated heterocycles. The van der Waals surface area contributed by atoms with Crippen LogP contribution >= 0.6 is 23.2 Å². The molecule has 6 heteroatoms. The zero-order valence-corrected chi connectivity index (χ0v) is 11.5. The van der Waals surface area contributed by atoms with Crippen molar-refractivity contribution >= 4 is 29.2 Å². The first kappa shape index (κ1) is 15.1. The van der Waals surface area contributed by atoms with Crippen molar-refractivity contribution in [2.75, 3.05) is 26.4 Å². The maximum atomic E-state index is 11.3. The number of carbonyl (C=O) groups excluding carboxylic acids is 1. The first-order chi connectivity index (χ1) is 8.63. The Morgan fingerprint density at radius 1 is 1.28 bits per heavy atom. The second-order valence-electron chi connectivity index (χ2n) is 3.28. The van der Waals surface area contributed by atoms with E-state index in [1.807, 2.05) is 6.92 Å². The summed E-state index contributed by atoms with van der Waals surface area (Å²) in [6, 6.07) is 4.76. The lowest BCUT2D eigenvalue weighted by atomic mass is 10.3. The fourth-order valence-corrected chi connectivity index (χ4v) is 1.59. The topological polar surface area (TPSA) is 44.8 Å². The van der Waals surface area contributed by atoms with Crippen molar-refractivity contribution in [1.29, 1.82) is 0 Å². The average molecular weight is 293 g/mol. The van der Waals surface area contributed by atoms with E-state index in [2.05, 4.69) is 0 Å². The molecule has 0 spiro atoms. The number of ether oxygens (including phenoxy) is 3. The number of esters is 1. The van der Waals surface area contributed by atoms with Gasteiger partial charge in [-0.05, 0) is 25.1 Å². The van der Waals surface area contributed by atoms with Crippen LogP contribution < -0.4 is 4.74 Å². The van der Waals surface area contributed by atoms with E-state index in [9.17, 15) is 4.79 Å². The summed E-state index contributed by atoms with van der Waals surface area (Å²) in [5, 5.41) is 0.858. The highest BCUT2D eigenvalue weighted by molar-refractivity contribution is 6.35. The molecule has 0 aliphatic heterocycles. The Kier molecular flexibility index (Phi) is 6.86. The van der Waals surface area contributed by atoms with E-state index in [4.69, 9.17) is 37.4 Å². The van der Waals surface area contributed by atoms with Crippen molar-refractivity contribution in [3.8, 4) is 5.75 Å². The van der Waals surface area contributed by atoms with Gasteiger partial charge in [0.15, 0.2) is 6.61 Å². The molecule has 4 nitrogen and oxygen atoms in total. The minimum Gasteiger partial charge on any atom is -0.480 e. The minimum atomic E-state index is -0.472. The van der Waals surface area contributed by atoms with Gasteiger partial charge in [-0.1, -0.05) is 23.2 Å². The van der Waals surface area contributed by atoms with Gasteiger partial charge in [-0.2, -0.15) is 0 Å². The molecule has 0 N–H and O–H groups in total. The Morgan fingerprint density at radius 3 is 2.72 bits per heavy atom. The highest BCUT2D eigenvalue weighted by Crippen LogP contribution is 2.27. The SMILES string of the molecule is CCOCCOC(=O)COc1ccc(Cl)cc1Cl. The van der Waals surface area contributed by atoms with Gasteiger partial charge in [0.25, 0.3) is 0 Å². The zero-order valence-electron chi connectivity index (χ0n) is 9.95. The number of benzene rings is 1. The second kappa shape index (κ2) is 8.19. The van der Waals surface area contributed by atoms with Crippen LogP contribution in [0.5, 0.6) is 5.75 Å². The number of halogens is 2. The standard InChI is InChI=1S/C12H14Cl2O4/c1-2-16-5-6-17-12(15)8-18-11-4-3-9(13)7-10(11)14/h3-4,7H,2,5-6,8H2,1H3. The van der Waals surface area contributed by atoms with Crippen LogP contribution in [0.15, 0.2) is 18.2 Å². The van der Waals surface area contributed by atoms with E-state index in [1.165, 1.54) is 0 Å². The third-order valence-corrected chi connectivity index (χ3v) is 2.46. The van der Waals surface area contributed by atoms with Gasteiger partial charge in [-0.3, -0.25) is 0 Å². The van der Waals surface area contributed by atoms with E-state index in [1.54, 1.807) is 18.2 Å². The molecule has 0 aliphatic carbocycles. The van der Waals surface area contributed by atoms with E-state index in [-0.39, 0.29) is 13.2 Å². The van der Waals surface area contributed by atoms with Crippen molar-refractivity contribution in [2.24, 2.45) is 0 Å². The molecular weight excluding hydrogens is 279 g/mol. The van der Waals surface area contributed by atoms with Gasteiger partial charge in [0.05, 0.1) is 11.6 Å². The highest BCUT2D eigenvalue weighted by atomic mass is 35.5. The summed E-state index contributed by atoms with van der Waals surface area (Å²) in [7, 11) is 0. The summed E-state index contributed by atoms with van der Waals surface area (Å²) in [6.45, 7) is 2.85. The molecule has 0 radical (unpaired) electrons. The third-order valence-electron chi connectivity index (χ3n) is 1.93. The quantitative estimate of drug-likeness (QED) is 0.572. The molecule has 0 unspecified atom stereocenters. The minimum absolute atomic E-state index is 0.201. The Labute approximate surface area is 116 Å². The Hall–Kier alpha value is -0.970. The number of hydrogen-bond acceptors (Lipinski definition) is 4. The molecule has 100 valence electrons. The maximum Gasteiger partial charge on any atom is 0.344 e. The van der Waals surface area contributed by atoms with Crippen molar-refractivity contribution in [3.63, 3.8) is 0 Å². The van der Waals surface area contributed by atoms with Gasteiger partial charge in [0, 0.05) is 11.6 Å². The number of carbonyl (C=O) groups is 1. The number of hydrogen-bond donors (Lipinski definition) is 0. The van der Waals surface area contributed by atoms with Crippen molar-refractivity contribution < 1.29 is 19.0 Å². The predicted octanol–water partition coefficient (Wildman–Crippen LogP) is 2.95. The predicted molar refractivity (Wildman–Crippen MR) is 69.4 cm³/mol. The first-order valence-electron chi connectivity index (χ1n) is 5.44. The van der Waals surface area contributed by atoms with E-state index in [0.29, 0.717) is 29.0 Å². The summed E-state index contributed by atoms with van der Waals surface area (Å²) < 4.78 is 15.1. The summed E-state index contributed by atoms with van der Waals surface area (Å²) in [6.07, 6.45) is 0. The monoisotopic (exact) mass is 292 g/mol. The fraction of sp³-hybridized carbons (Fsp3) is 0.417. The lowest BCUT2D eigenvalue weighted by molar-refractivity contribution is -0.147. The summed E-state index contributed by atoms with van der Waals surface area (Å²) in [5.74, 6) is -0.0801. The smallest absolute Gasteiger partial charge is 0.344 e. The first-order valence-corrected chi connectivity index (χ1v) is 6.20. The fourth-order valence-electron chi connectivity index (χ4n) is 1.13. The Balaban J connectivity index is 2.29. The summed E-state index contributed by atoms with van der Waals surface area (Å²) in [5.41, 5.74) is 0. The molecule has 1 rings (SSSR count). The van der Waals surface area contributed by atoms with Crippen LogP contribution in [-0.2, 0) is 14.3 Å². The van der Waals surface area contributed by atoms with Gasteiger partial charge in [-0.25, -0.2) is 4.79 Å². The normalized spacial score (nSPS) is 10.2. The molecule has 0 heterocycles. The third kappa shape index (κ3) is 5.58. The molecule has 1 aromatic rings. The van der Waals surface area contributed by atoms with Gasteiger partial charge in [-0.15, -0.1) is 0 Å². The molecule has 0 saturated carbocycles. The maximum absolute atomic E-state index is 11.3. The van der Waals surface area contributed by atoms with Crippen LogP contribution in [0.2, 0.25) is 10.0 Å². The Morgan fingerprint density at radius 2 is 2.06 bits per heavy atom. The van der Waals surface area contributed by atoms with Crippen molar-refractivity contribution in [3.05, 3.63) is 28.2 Å². The van der Waals surface area contributed by atoms with Crippen LogP contribution in [0.3, 0.4) is 0 Å². The molecule has 0 atom stereocenters. The molecule has 0 aromatic heterocycles. The molecular formula is C12H14Cl2O4. The molecule has 0 aliphatic rings. The lowest BCUT2D eigenvalue weighted by Gasteiger charge is -2.08. The van der Waals surface area contributed by atoms with Crippen LogP contribution in [0, 0.1) is 0 Å². The van der Waals surface area contributed by atoms with Gasteiger partial charge >= 0.3 is 5.97 Å². The van der Waals surface area contributed by atoms with Crippen molar-refractivity contribution in [2.45, 2.75) is 6.92 Å². The van der Waals surface area contributed by atoms with Crippen LogP contribution in [0.1, 0.15) is 6.92 Å². The molecule has 1 aromatic carbocycles. The number of rotatable bonds is 7. The van der Waals surface area contributed by atoms with Crippen molar-refractivity contribution in [1.82, 2.24) is 0 Å². The van der Waals surface area contributed by atoms with E-state index >= 15 is 0 Å². The van der Waals surface area contributed by atoms with E-state index in [0.717, 1.165) is 0 Å². The summed E-state index contributed by atoms with van der Waals surface area (Å²) >= 11 is 11.6.